The summed E-state index contributed by atoms with van der Waals surface area (Å²) in [6, 6.07) is 6.49. The molecule has 5 nitrogen and oxygen atoms in total. The van der Waals surface area contributed by atoms with Crippen LogP contribution in [0.3, 0.4) is 0 Å². The van der Waals surface area contributed by atoms with E-state index in [-0.39, 0.29) is 12.4 Å². The molecule has 7 heteroatoms. The molecule has 0 bridgehead atoms. The minimum atomic E-state index is 0. The first-order valence-electron chi connectivity index (χ1n) is 7.96. The monoisotopic (exact) mass is 453 g/mol. The van der Waals surface area contributed by atoms with E-state index in [0.29, 0.717) is 0 Å². The van der Waals surface area contributed by atoms with Crippen LogP contribution in [-0.4, -0.2) is 24.3 Å². The van der Waals surface area contributed by atoms with Gasteiger partial charge in [0.1, 0.15) is 0 Å². The number of imidazole rings is 1. The minimum absolute atomic E-state index is 0. The van der Waals surface area contributed by atoms with Crippen molar-refractivity contribution in [2.75, 3.05) is 0 Å². The first-order valence-corrected chi connectivity index (χ1v) is 9.04. The summed E-state index contributed by atoms with van der Waals surface area (Å²) in [5.74, 6) is 2.76. The second kappa shape index (κ2) is 5.84. The van der Waals surface area contributed by atoms with Gasteiger partial charge < -0.3 is 4.57 Å². The Morgan fingerprint density at radius 3 is 2.92 bits per heavy atom. The number of benzene rings is 1. The molecule has 124 valence electrons. The van der Waals surface area contributed by atoms with Crippen molar-refractivity contribution in [2.45, 2.75) is 32.7 Å². The number of fused-ring (bicyclic) bond motifs is 5. The molecule has 2 aliphatic rings. The zero-order valence-electron chi connectivity index (χ0n) is 13.2. The van der Waals surface area contributed by atoms with Gasteiger partial charge in [0.05, 0.1) is 29.9 Å². The fourth-order valence-electron chi connectivity index (χ4n) is 3.27. The highest BCUT2D eigenvalue weighted by Gasteiger charge is 2.27. The van der Waals surface area contributed by atoms with Gasteiger partial charge in [0.25, 0.3) is 0 Å². The molecule has 24 heavy (non-hydrogen) atoms. The van der Waals surface area contributed by atoms with Gasteiger partial charge in [0.15, 0.2) is 11.6 Å². The van der Waals surface area contributed by atoms with Gasteiger partial charge in [-0.2, -0.15) is 5.10 Å². The third kappa shape index (κ3) is 2.56. The van der Waals surface area contributed by atoms with E-state index >= 15 is 0 Å². The van der Waals surface area contributed by atoms with Crippen molar-refractivity contribution in [1.82, 2.24) is 24.3 Å². The summed E-state index contributed by atoms with van der Waals surface area (Å²) in [4.78, 5) is 9.38. The zero-order valence-corrected chi connectivity index (χ0v) is 16.2. The highest BCUT2D eigenvalue weighted by Crippen LogP contribution is 2.35. The Hall–Kier alpha value is -1.41. The maximum atomic E-state index is 4.88. The fraction of sp³-hybridized carbons (Fsp3) is 0.353. The number of hydrogen-bond donors (Lipinski definition) is 0. The van der Waals surface area contributed by atoms with Crippen LogP contribution in [0, 0.1) is 16.4 Å². The van der Waals surface area contributed by atoms with E-state index < -0.39 is 0 Å². The Bertz CT molecular complexity index is 925. The quantitative estimate of drug-likeness (QED) is 0.434. The maximum absolute atomic E-state index is 4.88. The molecule has 0 N–H and O–H groups in total. The maximum Gasteiger partial charge on any atom is 0.160 e. The van der Waals surface area contributed by atoms with E-state index in [1.54, 1.807) is 0 Å². The highest BCUT2D eigenvalue weighted by molar-refractivity contribution is 14.1. The molecule has 1 aliphatic carbocycles. The first-order chi connectivity index (χ1) is 11.2. The molecule has 0 spiro atoms. The summed E-state index contributed by atoms with van der Waals surface area (Å²) in [6.07, 6.45) is 5.57. The lowest BCUT2D eigenvalue weighted by Crippen LogP contribution is -2.06. The zero-order chi connectivity index (χ0) is 15.6. The predicted molar refractivity (Wildman–Crippen MR) is 103 cm³/mol. The molecule has 1 saturated carbocycles. The minimum Gasteiger partial charge on any atom is -0.300 e. The number of aryl methyl sites for hydroxylation is 1. The normalized spacial score (nSPS) is 15.1. The second-order valence-electron chi connectivity index (χ2n) is 6.46. The van der Waals surface area contributed by atoms with Crippen LogP contribution in [0.4, 0.5) is 0 Å². The summed E-state index contributed by atoms with van der Waals surface area (Å²) in [7, 11) is 0. The van der Waals surface area contributed by atoms with E-state index in [9.17, 15) is 0 Å². The van der Waals surface area contributed by atoms with Crippen LogP contribution >= 0.6 is 35.0 Å². The van der Waals surface area contributed by atoms with Crippen LogP contribution in [0.15, 0.2) is 24.5 Å². The van der Waals surface area contributed by atoms with Gasteiger partial charge in [-0.25, -0.2) is 14.6 Å². The van der Waals surface area contributed by atoms with E-state index in [1.165, 1.54) is 22.1 Å². The number of aromatic nitrogens is 5. The average molecular weight is 454 g/mol. The number of rotatable bonds is 2. The smallest absolute Gasteiger partial charge is 0.160 e. The second-order valence-corrected chi connectivity index (χ2v) is 7.71. The van der Waals surface area contributed by atoms with Gasteiger partial charge in [-0.3, -0.25) is 0 Å². The van der Waals surface area contributed by atoms with Gasteiger partial charge in [-0.15, -0.1) is 12.4 Å². The predicted octanol–water partition coefficient (Wildman–Crippen LogP) is 3.78. The summed E-state index contributed by atoms with van der Waals surface area (Å²) < 4.78 is 5.44. The SMILES string of the molecule is Cc1ncn2c1Cn1nc(CC3CC3)nc1-c1cc(I)ccc1-2.Cl. The molecule has 1 aromatic carbocycles. The van der Waals surface area contributed by atoms with Gasteiger partial charge >= 0.3 is 0 Å². The standard InChI is InChI=1S/C17H16IN5.ClH/c1-10-15-8-23-17(20-16(21-23)6-11-2-3-11)13-7-12(18)4-5-14(13)22(15)9-19-10;/h4-5,7,9,11H,2-3,6,8H2,1H3;1H. The molecule has 0 atom stereocenters. The summed E-state index contributed by atoms with van der Waals surface area (Å²) >= 11 is 2.36. The largest absolute Gasteiger partial charge is 0.300 e. The van der Waals surface area contributed by atoms with Crippen LogP contribution in [0.1, 0.15) is 30.1 Å². The molecule has 1 aliphatic heterocycles. The third-order valence-corrected chi connectivity index (χ3v) is 5.39. The van der Waals surface area contributed by atoms with E-state index in [1.807, 2.05) is 6.33 Å². The molecule has 2 aromatic heterocycles. The fourth-order valence-corrected chi connectivity index (χ4v) is 3.76. The lowest BCUT2D eigenvalue weighted by atomic mass is 10.1. The van der Waals surface area contributed by atoms with Crippen molar-refractivity contribution in [2.24, 2.45) is 5.92 Å². The Morgan fingerprint density at radius 2 is 2.12 bits per heavy atom. The summed E-state index contributed by atoms with van der Waals surface area (Å²) in [6.45, 7) is 2.79. The lowest BCUT2D eigenvalue weighted by Gasteiger charge is -2.08. The number of hydrogen-bond acceptors (Lipinski definition) is 3. The van der Waals surface area contributed by atoms with Crippen molar-refractivity contribution < 1.29 is 0 Å². The van der Waals surface area contributed by atoms with Crippen LogP contribution in [-0.2, 0) is 13.0 Å². The lowest BCUT2D eigenvalue weighted by molar-refractivity contribution is 0.651. The van der Waals surface area contributed by atoms with Crippen LogP contribution in [0.25, 0.3) is 17.1 Å². The first kappa shape index (κ1) is 16.1. The molecule has 0 saturated heterocycles. The Morgan fingerprint density at radius 1 is 1.29 bits per heavy atom. The average Bonchev–Trinajstić information content (AvgIpc) is 3.17. The Balaban J connectivity index is 0.00000146. The molecule has 5 rings (SSSR count). The van der Waals surface area contributed by atoms with Gasteiger partial charge in [-0.05, 0) is 66.5 Å². The number of halogens is 2. The Labute approximate surface area is 160 Å². The molecule has 0 amide bonds. The molecule has 3 heterocycles. The Kier molecular flexibility index (Phi) is 3.91. The van der Waals surface area contributed by atoms with E-state index in [2.05, 4.69) is 61.9 Å². The highest BCUT2D eigenvalue weighted by atomic mass is 127. The van der Waals surface area contributed by atoms with Crippen molar-refractivity contribution in [1.29, 1.82) is 0 Å². The van der Waals surface area contributed by atoms with Crippen molar-refractivity contribution in [3.8, 4) is 17.1 Å². The van der Waals surface area contributed by atoms with Crippen molar-refractivity contribution in [3.05, 3.63) is 45.3 Å². The molecular weight excluding hydrogens is 437 g/mol. The van der Waals surface area contributed by atoms with Gasteiger partial charge in [-0.1, -0.05) is 0 Å². The topological polar surface area (TPSA) is 48.5 Å². The molecular formula is C17H17ClIN5. The molecule has 1 fully saturated rings. The number of nitrogens with zero attached hydrogens (tertiary/aromatic N) is 5. The van der Waals surface area contributed by atoms with E-state index in [4.69, 9.17) is 10.1 Å². The van der Waals surface area contributed by atoms with Gasteiger partial charge in [0.2, 0.25) is 0 Å². The van der Waals surface area contributed by atoms with Crippen LogP contribution < -0.4 is 0 Å². The van der Waals surface area contributed by atoms with Crippen LogP contribution in [0.5, 0.6) is 0 Å². The van der Waals surface area contributed by atoms with Crippen LogP contribution in [0.2, 0.25) is 0 Å². The summed E-state index contributed by atoms with van der Waals surface area (Å²) in [5, 5.41) is 4.80. The molecule has 0 radical (unpaired) electrons. The van der Waals surface area contributed by atoms with E-state index in [0.717, 1.165) is 47.5 Å². The van der Waals surface area contributed by atoms with Crippen molar-refractivity contribution in [3.63, 3.8) is 0 Å². The van der Waals surface area contributed by atoms with Crippen molar-refractivity contribution >= 4 is 35.0 Å². The molecule has 0 unspecified atom stereocenters. The molecule has 3 aromatic rings. The third-order valence-electron chi connectivity index (χ3n) is 4.72. The van der Waals surface area contributed by atoms with Gasteiger partial charge in [0, 0.05) is 15.6 Å². The summed E-state index contributed by atoms with van der Waals surface area (Å²) in [5.41, 5.74) is 4.53.